The van der Waals surface area contributed by atoms with Gasteiger partial charge in [0.15, 0.2) is 0 Å². The maximum Gasteiger partial charge on any atom is 0.332 e. The predicted octanol–water partition coefficient (Wildman–Crippen LogP) is 1.73. The zero-order valence-electron chi connectivity index (χ0n) is 10.5. The van der Waals surface area contributed by atoms with Crippen LogP contribution in [-0.4, -0.2) is 21.4 Å². The van der Waals surface area contributed by atoms with E-state index in [9.17, 15) is 10.1 Å². The van der Waals surface area contributed by atoms with E-state index < -0.39 is 4.92 Å². The van der Waals surface area contributed by atoms with Gasteiger partial charge in [-0.1, -0.05) is 6.92 Å². The monoisotopic (exact) mass is 251 g/mol. The highest BCUT2D eigenvalue weighted by Crippen LogP contribution is 2.37. The van der Waals surface area contributed by atoms with Gasteiger partial charge in [-0.2, -0.15) is 4.98 Å². The largest absolute Gasteiger partial charge is 0.368 e. The topological polar surface area (TPSA) is 107 Å². The molecule has 7 heteroatoms. The van der Waals surface area contributed by atoms with E-state index in [0.717, 1.165) is 5.92 Å². The Kier molecular flexibility index (Phi) is 3.31. The van der Waals surface area contributed by atoms with Crippen LogP contribution in [0.15, 0.2) is 0 Å². The van der Waals surface area contributed by atoms with Crippen LogP contribution in [0.1, 0.15) is 25.5 Å². The Labute approximate surface area is 105 Å². The van der Waals surface area contributed by atoms with Gasteiger partial charge in [0.05, 0.1) is 4.92 Å². The van der Waals surface area contributed by atoms with Gasteiger partial charge in [0.2, 0.25) is 11.8 Å². The van der Waals surface area contributed by atoms with Crippen LogP contribution in [0.2, 0.25) is 0 Å². The van der Waals surface area contributed by atoms with Gasteiger partial charge in [0, 0.05) is 6.54 Å². The maximum absolute atomic E-state index is 11.0. The molecule has 0 aliphatic heterocycles. The van der Waals surface area contributed by atoms with E-state index in [0.29, 0.717) is 12.5 Å². The van der Waals surface area contributed by atoms with E-state index in [-0.39, 0.29) is 23.1 Å². The van der Waals surface area contributed by atoms with Crippen LogP contribution in [-0.2, 0) is 0 Å². The summed E-state index contributed by atoms with van der Waals surface area (Å²) in [5.74, 6) is 1.50. The normalized spacial score (nSPS) is 16.3. The number of hydrogen-bond acceptors (Lipinski definition) is 6. The van der Waals surface area contributed by atoms with Gasteiger partial charge in [0.25, 0.3) is 0 Å². The molecule has 3 N–H and O–H groups in total. The number of hydrogen-bond donors (Lipinski definition) is 2. The highest BCUT2D eigenvalue weighted by atomic mass is 16.6. The molecule has 1 fully saturated rings. The number of nitrogens with two attached hydrogens (primary N) is 1. The van der Waals surface area contributed by atoms with Crippen molar-refractivity contribution < 1.29 is 4.92 Å². The molecule has 1 aromatic rings. The smallest absolute Gasteiger partial charge is 0.332 e. The van der Waals surface area contributed by atoms with E-state index in [1.165, 1.54) is 12.8 Å². The van der Waals surface area contributed by atoms with Crippen molar-refractivity contribution in [1.82, 2.24) is 9.97 Å². The van der Waals surface area contributed by atoms with Crippen LogP contribution < -0.4 is 11.1 Å². The van der Waals surface area contributed by atoms with Gasteiger partial charge in [-0.25, -0.2) is 4.98 Å². The number of aryl methyl sites for hydroxylation is 1. The average molecular weight is 251 g/mol. The van der Waals surface area contributed by atoms with Gasteiger partial charge in [-0.15, -0.1) is 0 Å². The Hall–Kier alpha value is -1.92. The molecule has 2 rings (SSSR count). The number of nitrogens with zero attached hydrogens (tertiary/aromatic N) is 3. The van der Waals surface area contributed by atoms with Crippen molar-refractivity contribution in [2.75, 3.05) is 17.6 Å². The van der Waals surface area contributed by atoms with E-state index in [1.54, 1.807) is 6.92 Å². The lowest BCUT2D eigenvalue weighted by Crippen LogP contribution is -2.16. The zero-order valence-corrected chi connectivity index (χ0v) is 10.5. The lowest BCUT2D eigenvalue weighted by Gasteiger charge is -2.12. The fourth-order valence-corrected chi connectivity index (χ4v) is 2.02. The van der Waals surface area contributed by atoms with Crippen LogP contribution in [0.5, 0.6) is 0 Å². The second kappa shape index (κ2) is 4.75. The molecule has 1 unspecified atom stereocenters. The van der Waals surface area contributed by atoms with Gasteiger partial charge >= 0.3 is 5.69 Å². The first-order valence-corrected chi connectivity index (χ1v) is 6.01. The van der Waals surface area contributed by atoms with Crippen molar-refractivity contribution in [2.24, 2.45) is 11.8 Å². The summed E-state index contributed by atoms with van der Waals surface area (Å²) in [5, 5.41) is 14.0. The Morgan fingerprint density at radius 2 is 2.22 bits per heavy atom. The molecule has 7 nitrogen and oxygen atoms in total. The molecular formula is C11H17N5O2. The number of nitrogens with one attached hydrogen (secondary N) is 1. The van der Waals surface area contributed by atoms with Crippen molar-refractivity contribution in [3.63, 3.8) is 0 Å². The third-order valence-electron chi connectivity index (χ3n) is 3.28. The molecule has 1 atom stereocenters. The summed E-state index contributed by atoms with van der Waals surface area (Å²) < 4.78 is 0. The molecule has 18 heavy (non-hydrogen) atoms. The summed E-state index contributed by atoms with van der Waals surface area (Å²) in [4.78, 5) is 18.3. The number of rotatable bonds is 5. The van der Waals surface area contributed by atoms with Crippen molar-refractivity contribution in [3.8, 4) is 0 Å². The molecule has 0 aromatic carbocycles. The van der Waals surface area contributed by atoms with Crippen molar-refractivity contribution in [3.05, 3.63) is 15.8 Å². The van der Waals surface area contributed by atoms with Crippen LogP contribution in [0, 0.1) is 28.9 Å². The number of nitro groups is 1. The van der Waals surface area contributed by atoms with Gasteiger partial charge in [-0.05, 0) is 31.6 Å². The molecule has 1 aromatic heterocycles. The fraction of sp³-hybridized carbons (Fsp3) is 0.636. The summed E-state index contributed by atoms with van der Waals surface area (Å²) >= 11 is 0. The summed E-state index contributed by atoms with van der Waals surface area (Å²) in [6, 6.07) is 0. The Bertz CT molecular complexity index is 473. The molecular weight excluding hydrogens is 234 g/mol. The summed E-state index contributed by atoms with van der Waals surface area (Å²) in [5.41, 5.74) is 5.72. The van der Waals surface area contributed by atoms with E-state index >= 15 is 0 Å². The van der Waals surface area contributed by atoms with Crippen molar-refractivity contribution in [1.29, 1.82) is 0 Å². The van der Waals surface area contributed by atoms with Crippen molar-refractivity contribution in [2.45, 2.75) is 26.7 Å². The Balaban J connectivity index is 2.16. The van der Waals surface area contributed by atoms with Gasteiger partial charge in [-0.3, -0.25) is 10.1 Å². The predicted molar refractivity (Wildman–Crippen MR) is 68.2 cm³/mol. The van der Waals surface area contributed by atoms with Gasteiger partial charge < -0.3 is 11.1 Å². The van der Waals surface area contributed by atoms with Crippen molar-refractivity contribution >= 4 is 17.5 Å². The Morgan fingerprint density at radius 1 is 1.56 bits per heavy atom. The van der Waals surface area contributed by atoms with Crippen LogP contribution in [0.25, 0.3) is 0 Å². The lowest BCUT2D eigenvalue weighted by atomic mass is 10.1. The third kappa shape index (κ3) is 2.66. The quantitative estimate of drug-likeness (QED) is 0.609. The molecule has 1 heterocycles. The minimum Gasteiger partial charge on any atom is -0.368 e. The van der Waals surface area contributed by atoms with E-state index in [1.807, 2.05) is 0 Å². The maximum atomic E-state index is 11.0. The highest BCUT2D eigenvalue weighted by molar-refractivity contribution is 5.60. The summed E-state index contributed by atoms with van der Waals surface area (Å²) in [6.07, 6.45) is 2.49. The first-order chi connectivity index (χ1) is 8.49. The minimum atomic E-state index is -0.473. The van der Waals surface area contributed by atoms with Gasteiger partial charge in [0.1, 0.15) is 5.69 Å². The average Bonchev–Trinajstić information content (AvgIpc) is 3.07. The molecule has 0 radical (unpaired) electrons. The second-order valence-electron chi connectivity index (χ2n) is 4.82. The first kappa shape index (κ1) is 12.5. The standard InChI is InChI=1S/C11H17N5O2/c1-6(8-3-4-8)5-13-10-9(16(17)18)7(2)14-11(12)15-10/h6,8H,3-5H2,1-2H3,(H3,12,13,14,15). The molecule has 0 bridgehead atoms. The van der Waals surface area contributed by atoms with Crippen LogP contribution >= 0.6 is 0 Å². The van der Waals surface area contributed by atoms with E-state index in [2.05, 4.69) is 22.2 Å². The molecule has 1 aliphatic carbocycles. The molecule has 1 saturated carbocycles. The zero-order chi connectivity index (χ0) is 13.3. The molecule has 0 spiro atoms. The third-order valence-corrected chi connectivity index (χ3v) is 3.28. The number of anilines is 2. The first-order valence-electron chi connectivity index (χ1n) is 6.01. The molecule has 0 saturated heterocycles. The van der Waals surface area contributed by atoms with Crippen LogP contribution in [0.4, 0.5) is 17.5 Å². The molecule has 1 aliphatic rings. The SMILES string of the molecule is Cc1nc(N)nc(NCC(C)C2CC2)c1[N+](=O)[O-]. The number of nitrogen functional groups attached to an aromatic ring is 1. The minimum absolute atomic E-state index is 0.0553. The fourth-order valence-electron chi connectivity index (χ4n) is 2.02. The summed E-state index contributed by atoms with van der Waals surface area (Å²) in [7, 11) is 0. The second-order valence-corrected chi connectivity index (χ2v) is 4.82. The van der Waals surface area contributed by atoms with Crippen LogP contribution in [0.3, 0.4) is 0 Å². The highest BCUT2D eigenvalue weighted by Gasteiger charge is 2.28. The lowest BCUT2D eigenvalue weighted by molar-refractivity contribution is -0.385. The number of aromatic nitrogens is 2. The summed E-state index contributed by atoms with van der Waals surface area (Å²) in [6.45, 7) is 4.36. The Morgan fingerprint density at radius 3 is 2.78 bits per heavy atom. The molecule has 98 valence electrons. The molecule has 0 amide bonds. The van der Waals surface area contributed by atoms with E-state index in [4.69, 9.17) is 5.73 Å².